The van der Waals surface area contributed by atoms with E-state index < -0.39 is 28.7 Å². The third kappa shape index (κ3) is 10.9. The first-order chi connectivity index (χ1) is 29.5. The van der Waals surface area contributed by atoms with Gasteiger partial charge in [-0.1, -0.05) is 116 Å². The quantitative estimate of drug-likeness (QED) is 0.0606. The lowest BCUT2D eigenvalue weighted by molar-refractivity contribution is -0.193. The van der Waals surface area contributed by atoms with Gasteiger partial charge in [-0.25, -0.2) is 0 Å². The lowest BCUT2D eigenvalue weighted by Gasteiger charge is -2.63. The predicted octanol–water partition coefficient (Wildman–Crippen LogP) is 12.6. The van der Waals surface area contributed by atoms with E-state index in [-0.39, 0.29) is 45.3 Å². The number of phenols is 2. The number of aromatic hydroxyl groups is 2. The minimum Gasteiger partial charge on any atom is -0.506 e. The molecule has 4 aromatic rings. The molecule has 9 nitrogen and oxygen atoms in total. The topological polar surface area (TPSA) is 137 Å². The summed E-state index contributed by atoms with van der Waals surface area (Å²) >= 11 is 37.1. The summed E-state index contributed by atoms with van der Waals surface area (Å²) in [6.45, 7) is 19.2. The number of carbonyl (C=O) groups is 2. The van der Waals surface area contributed by atoms with Gasteiger partial charge >= 0.3 is 0 Å². The van der Waals surface area contributed by atoms with Crippen LogP contribution in [0.1, 0.15) is 92.8 Å². The number of ether oxygens (including phenoxy) is 2. The van der Waals surface area contributed by atoms with Crippen molar-refractivity contribution in [3.8, 4) is 23.0 Å². The molecular formula is C48H58Cl6N2O7. The highest BCUT2D eigenvalue weighted by molar-refractivity contribution is 6.38. The second-order valence-electron chi connectivity index (χ2n) is 16.3. The molecule has 2 aliphatic rings. The summed E-state index contributed by atoms with van der Waals surface area (Å²) in [4.78, 5) is 25.3. The standard InChI is InChI=1S/C20H23Cl2NO3.C19H25Cl2NO3.C9H10Cl2O/c1-5-13-14(21)10-15(19(24)18(13)22)23-20(25)16(6-2)26-17-8-7-11(3)9-12(17)4;1-5-19(25-14-7-6-10(2)8-11(14)3)17(24)22-18(19)9-13(20)12(4)15(21)16(18)23;1-3-6-7(10)4-5(2)9(12)8(6)11/h7-10,16,24H,5-6H2,1-4H3,(H,23,25);6-8,12-13,15-16,23H,5,9H2,1-4H3,(H,22,24);4,12H,3H2,1-2H3. The molecule has 4 aromatic carbocycles. The molecule has 344 valence electrons. The zero-order valence-corrected chi connectivity index (χ0v) is 41.8. The van der Waals surface area contributed by atoms with Crippen molar-refractivity contribution in [1.82, 2.24) is 5.32 Å². The Hall–Kier alpha value is -3.28. The highest BCUT2D eigenvalue weighted by Gasteiger charge is 2.73. The molecule has 0 radical (unpaired) electrons. The first-order valence-corrected chi connectivity index (χ1v) is 23.4. The minimum atomic E-state index is -1.17. The van der Waals surface area contributed by atoms with E-state index in [2.05, 4.69) is 10.6 Å². The summed E-state index contributed by atoms with van der Waals surface area (Å²) in [5, 5.41) is 36.9. The lowest BCUT2D eigenvalue weighted by atomic mass is 9.59. The van der Waals surface area contributed by atoms with Crippen LogP contribution in [0.15, 0.2) is 48.5 Å². The summed E-state index contributed by atoms with van der Waals surface area (Å²) in [7, 11) is 0. The van der Waals surface area contributed by atoms with Crippen molar-refractivity contribution >= 4 is 87.1 Å². The van der Waals surface area contributed by atoms with Gasteiger partial charge in [0.15, 0.2) is 11.9 Å². The van der Waals surface area contributed by atoms with Gasteiger partial charge < -0.3 is 35.4 Å². The number of nitrogens with one attached hydrogen (secondary N) is 2. The highest BCUT2D eigenvalue weighted by Crippen LogP contribution is 2.52. The predicted molar refractivity (Wildman–Crippen MR) is 259 cm³/mol. The molecule has 2 fully saturated rings. The average molecular weight is 988 g/mol. The number of aliphatic hydroxyl groups is 1. The zero-order valence-electron chi connectivity index (χ0n) is 37.3. The van der Waals surface area contributed by atoms with Crippen molar-refractivity contribution in [2.75, 3.05) is 5.32 Å². The Balaban J connectivity index is 0.000000221. The van der Waals surface area contributed by atoms with Crippen LogP contribution < -0.4 is 20.1 Å². The van der Waals surface area contributed by atoms with Gasteiger partial charge in [-0.05, 0) is 125 Å². The number of aryl methyl sites for hydroxylation is 5. The second kappa shape index (κ2) is 21.8. The Morgan fingerprint density at radius 3 is 1.83 bits per heavy atom. The number of aliphatic hydroxyl groups excluding tert-OH is 1. The van der Waals surface area contributed by atoms with Gasteiger partial charge in [0, 0.05) is 15.4 Å². The number of anilines is 1. The van der Waals surface area contributed by atoms with Crippen molar-refractivity contribution in [3.05, 3.63) is 108 Å². The average Bonchev–Trinajstić information content (AvgIpc) is 3.23. The van der Waals surface area contributed by atoms with Crippen molar-refractivity contribution in [2.45, 2.75) is 135 Å². The number of alkyl halides is 2. The fourth-order valence-electron chi connectivity index (χ4n) is 8.01. The molecule has 1 aliphatic heterocycles. The van der Waals surface area contributed by atoms with Crippen LogP contribution >= 0.6 is 69.6 Å². The van der Waals surface area contributed by atoms with Gasteiger partial charge in [0.2, 0.25) is 5.60 Å². The highest BCUT2D eigenvalue weighted by atomic mass is 35.5. The number of β-lactam (4-membered cyclic amide) rings is 1. The van der Waals surface area contributed by atoms with Crippen LogP contribution in [0, 0.1) is 40.5 Å². The number of amides is 2. The van der Waals surface area contributed by atoms with Gasteiger partial charge in [-0.3, -0.25) is 9.59 Å². The maximum Gasteiger partial charge on any atom is 0.267 e. The first kappa shape index (κ1) is 52.3. The monoisotopic (exact) mass is 984 g/mol. The van der Waals surface area contributed by atoms with Crippen LogP contribution in [-0.2, 0) is 22.4 Å². The Kier molecular flexibility index (Phi) is 18.1. The third-order valence-corrected chi connectivity index (χ3v) is 14.6. The van der Waals surface area contributed by atoms with E-state index in [1.165, 1.54) is 6.07 Å². The fraction of sp³-hybridized carbons (Fsp3) is 0.458. The largest absolute Gasteiger partial charge is 0.506 e. The van der Waals surface area contributed by atoms with E-state index in [1.54, 1.807) is 13.0 Å². The number of hydrogen-bond donors (Lipinski definition) is 5. The Morgan fingerprint density at radius 2 is 1.33 bits per heavy atom. The smallest absolute Gasteiger partial charge is 0.267 e. The van der Waals surface area contributed by atoms with Gasteiger partial charge in [-0.15, -0.1) is 23.2 Å². The molecule has 7 atom stereocenters. The zero-order chi connectivity index (χ0) is 47.3. The molecule has 0 aromatic heterocycles. The SMILES string of the molecule is CCC1(Oc2ccc(C)cc2C)C(=O)NC12CC(Cl)C(C)C(Cl)C2O.CCc1c(Cl)cc(C)c(O)c1Cl.CCc1c(Cl)cc(NC(=O)C(CC)Oc2ccc(C)cc2C)c(O)c1Cl. The molecule has 1 saturated heterocycles. The second-order valence-corrected chi connectivity index (χ2v) is 18.9. The molecule has 1 saturated carbocycles. The Bertz CT molecular complexity index is 2310. The van der Waals surface area contributed by atoms with Gasteiger partial charge in [0.25, 0.3) is 11.8 Å². The van der Waals surface area contributed by atoms with Crippen LogP contribution in [-0.4, -0.2) is 61.2 Å². The number of rotatable bonds is 10. The summed E-state index contributed by atoms with van der Waals surface area (Å²) < 4.78 is 12.2. The Morgan fingerprint density at radius 1 is 0.810 bits per heavy atom. The van der Waals surface area contributed by atoms with Crippen molar-refractivity contribution in [3.63, 3.8) is 0 Å². The maximum absolute atomic E-state index is 12.6. The van der Waals surface area contributed by atoms with Crippen LogP contribution in [0.25, 0.3) is 0 Å². The number of carbonyl (C=O) groups excluding carboxylic acids is 2. The number of halogens is 6. The Labute approximate surface area is 401 Å². The summed E-state index contributed by atoms with van der Waals surface area (Å²) in [5.74, 6) is 0.581. The van der Waals surface area contributed by atoms with Gasteiger partial charge in [-0.2, -0.15) is 0 Å². The van der Waals surface area contributed by atoms with Crippen LogP contribution in [0.4, 0.5) is 5.69 Å². The van der Waals surface area contributed by atoms with Crippen LogP contribution in [0.3, 0.4) is 0 Å². The molecule has 15 heteroatoms. The lowest BCUT2D eigenvalue weighted by Crippen LogP contribution is -2.89. The molecule has 1 aliphatic carbocycles. The normalized spacial score (nSPS) is 23.0. The van der Waals surface area contributed by atoms with Crippen LogP contribution in [0.5, 0.6) is 23.0 Å². The van der Waals surface area contributed by atoms with E-state index in [1.807, 2.05) is 98.7 Å². The van der Waals surface area contributed by atoms with Gasteiger partial charge in [0.05, 0.1) is 27.2 Å². The van der Waals surface area contributed by atoms with E-state index >= 15 is 0 Å². The van der Waals surface area contributed by atoms with Crippen molar-refractivity contribution in [1.29, 1.82) is 0 Å². The van der Waals surface area contributed by atoms with E-state index in [9.17, 15) is 24.9 Å². The minimum absolute atomic E-state index is 0.0582. The molecule has 2 amide bonds. The summed E-state index contributed by atoms with van der Waals surface area (Å²) in [5.41, 5.74) is 4.34. The molecule has 6 rings (SSSR count). The van der Waals surface area contributed by atoms with E-state index in [0.29, 0.717) is 63.4 Å². The molecule has 1 spiro atoms. The molecule has 7 unspecified atom stereocenters. The maximum atomic E-state index is 12.6. The summed E-state index contributed by atoms with van der Waals surface area (Å²) in [6.07, 6.45) is 0.976. The fourth-order valence-corrected chi connectivity index (χ4v) is 10.4. The molecule has 1 heterocycles. The molecule has 5 N–H and O–H groups in total. The van der Waals surface area contributed by atoms with Crippen LogP contribution in [0.2, 0.25) is 20.1 Å². The van der Waals surface area contributed by atoms with Crippen molar-refractivity contribution in [2.24, 2.45) is 5.92 Å². The van der Waals surface area contributed by atoms with Gasteiger partial charge in [0.1, 0.15) is 22.8 Å². The number of benzene rings is 4. The number of hydrogen-bond acceptors (Lipinski definition) is 7. The number of phenolic OH excluding ortho intramolecular Hbond substituents is 2. The van der Waals surface area contributed by atoms with Crippen molar-refractivity contribution < 1.29 is 34.4 Å². The van der Waals surface area contributed by atoms with E-state index in [0.717, 1.165) is 34.2 Å². The molecular weight excluding hydrogens is 929 g/mol. The first-order valence-electron chi connectivity index (χ1n) is 21.0. The summed E-state index contributed by atoms with van der Waals surface area (Å²) in [6, 6.07) is 14.8. The van der Waals surface area contributed by atoms with E-state index in [4.69, 9.17) is 79.1 Å². The third-order valence-electron chi connectivity index (χ3n) is 11.9. The molecule has 63 heavy (non-hydrogen) atoms. The molecule has 0 bridgehead atoms.